The molecule has 0 aromatic carbocycles. The van der Waals surface area contributed by atoms with E-state index in [2.05, 4.69) is 13.8 Å². The van der Waals surface area contributed by atoms with Crippen LogP contribution in [0.3, 0.4) is 0 Å². The number of carboxylic acids is 1. The highest BCUT2D eigenvalue weighted by Gasteiger charge is 2.31. The molecule has 0 bridgehead atoms. The molecule has 1 unspecified atom stereocenters. The van der Waals surface area contributed by atoms with Crippen LogP contribution >= 0.6 is 0 Å². The Morgan fingerprint density at radius 1 is 1.32 bits per heavy atom. The van der Waals surface area contributed by atoms with Crippen LogP contribution in [0, 0.1) is 11.8 Å². The maximum Gasteiger partial charge on any atom is 0.320 e. The van der Waals surface area contributed by atoms with E-state index in [1.807, 2.05) is 18.7 Å². The van der Waals surface area contributed by atoms with Gasteiger partial charge in [-0.2, -0.15) is 0 Å². The Labute approximate surface area is 115 Å². The third-order valence-electron chi connectivity index (χ3n) is 3.47. The summed E-state index contributed by atoms with van der Waals surface area (Å²) in [5.41, 5.74) is 0. The second-order valence-electron chi connectivity index (χ2n) is 6.05. The molecule has 5 nitrogen and oxygen atoms in total. The molecule has 1 rings (SSSR count). The second-order valence-corrected chi connectivity index (χ2v) is 6.05. The van der Waals surface area contributed by atoms with E-state index in [9.17, 15) is 9.59 Å². The number of rotatable bonds is 4. The first-order valence-corrected chi connectivity index (χ1v) is 7.11. The second kappa shape index (κ2) is 6.78. The SMILES string of the molecule is CC(C)CN(C(=O)N1CCCC(C(=O)O)C1)C(C)C. The van der Waals surface area contributed by atoms with Crippen LogP contribution in [0.4, 0.5) is 4.79 Å². The maximum atomic E-state index is 12.5. The van der Waals surface area contributed by atoms with Gasteiger partial charge >= 0.3 is 12.0 Å². The molecule has 0 aromatic heterocycles. The van der Waals surface area contributed by atoms with Crippen molar-refractivity contribution in [2.75, 3.05) is 19.6 Å². The zero-order valence-corrected chi connectivity index (χ0v) is 12.4. The van der Waals surface area contributed by atoms with Crippen LogP contribution in [0.25, 0.3) is 0 Å². The molecule has 5 heteroatoms. The number of aliphatic carboxylic acids is 1. The molecule has 1 aliphatic heterocycles. The Bertz CT molecular complexity index is 329. The highest BCUT2D eigenvalue weighted by Crippen LogP contribution is 2.19. The highest BCUT2D eigenvalue weighted by molar-refractivity contribution is 5.77. The summed E-state index contributed by atoms with van der Waals surface area (Å²) in [6.45, 7) is 9.89. The lowest BCUT2D eigenvalue weighted by atomic mass is 9.98. The van der Waals surface area contributed by atoms with Crippen molar-refractivity contribution in [1.29, 1.82) is 0 Å². The lowest BCUT2D eigenvalue weighted by Crippen LogP contribution is -2.51. The molecule has 0 saturated carbocycles. The number of amides is 2. The molecule has 1 N–H and O–H groups in total. The van der Waals surface area contributed by atoms with Gasteiger partial charge in [-0.05, 0) is 32.6 Å². The van der Waals surface area contributed by atoms with Crippen molar-refractivity contribution < 1.29 is 14.7 Å². The molecule has 1 heterocycles. The Hall–Kier alpha value is -1.26. The van der Waals surface area contributed by atoms with E-state index in [-0.39, 0.29) is 12.1 Å². The van der Waals surface area contributed by atoms with E-state index in [1.54, 1.807) is 4.90 Å². The van der Waals surface area contributed by atoms with Crippen molar-refractivity contribution in [2.45, 2.75) is 46.6 Å². The Morgan fingerprint density at radius 3 is 2.42 bits per heavy atom. The predicted octanol–water partition coefficient (Wildman–Crippen LogP) is 2.27. The summed E-state index contributed by atoms with van der Waals surface area (Å²) in [6, 6.07) is 0.120. The van der Waals surface area contributed by atoms with Crippen molar-refractivity contribution in [3.05, 3.63) is 0 Å². The quantitative estimate of drug-likeness (QED) is 0.852. The number of hydrogen-bond donors (Lipinski definition) is 1. The number of likely N-dealkylation sites (tertiary alicyclic amines) is 1. The molecule has 1 fully saturated rings. The minimum Gasteiger partial charge on any atom is -0.481 e. The fourth-order valence-electron chi connectivity index (χ4n) is 2.44. The summed E-state index contributed by atoms with van der Waals surface area (Å²) in [7, 11) is 0. The number of carbonyl (C=O) groups is 2. The highest BCUT2D eigenvalue weighted by atomic mass is 16.4. The van der Waals surface area contributed by atoms with Crippen LogP contribution in [0.5, 0.6) is 0 Å². The van der Waals surface area contributed by atoms with Crippen molar-refractivity contribution >= 4 is 12.0 Å². The van der Waals surface area contributed by atoms with Crippen LogP contribution in [-0.4, -0.2) is 52.6 Å². The third kappa shape index (κ3) is 4.40. The molecule has 0 aliphatic carbocycles. The van der Waals surface area contributed by atoms with Gasteiger partial charge in [-0.15, -0.1) is 0 Å². The summed E-state index contributed by atoms with van der Waals surface area (Å²) in [5.74, 6) is -0.797. The van der Waals surface area contributed by atoms with Gasteiger partial charge in [0.1, 0.15) is 0 Å². The van der Waals surface area contributed by atoms with Crippen molar-refractivity contribution in [1.82, 2.24) is 9.80 Å². The minimum atomic E-state index is -0.794. The van der Waals surface area contributed by atoms with E-state index < -0.39 is 11.9 Å². The smallest absolute Gasteiger partial charge is 0.320 e. The predicted molar refractivity (Wildman–Crippen MR) is 74.0 cm³/mol. The van der Waals surface area contributed by atoms with Gasteiger partial charge in [0.05, 0.1) is 5.92 Å². The molecule has 0 spiro atoms. The van der Waals surface area contributed by atoms with Crippen LogP contribution in [0.15, 0.2) is 0 Å². The fourth-order valence-corrected chi connectivity index (χ4v) is 2.44. The van der Waals surface area contributed by atoms with Crippen LogP contribution in [0.2, 0.25) is 0 Å². The maximum absolute atomic E-state index is 12.5. The number of carbonyl (C=O) groups excluding carboxylic acids is 1. The zero-order valence-electron chi connectivity index (χ0n) is 12.4. The molecule has 1 aliphatic rings. The van der Waals surface area contributed by atoms with Crippen LogP contribution in [0.1, 0.15) is 40.5 Å². The largest absolute Gasteiger partial charge is 0.481 e. The van der Waals surface area contributed by atoms with Crippen LogP contribution < -0.4 is 0 Å². The summed E-state index contributed by atoms with van der Waals surface area (Å²) in [5, 5.41) is 9.08. The summed E-state index contributed by atoms with van der Waals surface area (Å²) in [6.07, 6.45) is 1.45. The van der Waals surface area contributed by atoms with Gasteiger partial charge in [-0.25, -0.2) is 4.79 Å². The van der Waals surface area contributed by atoms with E-state index in [0.29, 0.717) is 32.0 Å². The number of carboxylic acid groups (broad SMARTS) is 1. The first kappa shape index (κ1) is 15.8. The molecule has 0 aromatic rings. The first-order chi connectivity index (χ1) is 8.82. The van der Waals surface area contributed by atoms with Crippen molar-refractivity contribution in [3.8, 4) is 0 Å². The third-order valence-corrected chi connectivity index (χ3v) is 3.47. The molecule has 1 atom stereocenters. The Balaban J connectivity index is 2.70. The monoisotopic (exact) mass is 270 g/mol. The summed E-state index contributed by atoms with van der Waals surface area (Å²) < 4.78 is 0. The number of hydrogen-bond acceptors (Lipinski definition) is 2. The van der Waals surface area contributed by atoms with Crippen molar-refractivity contribution in [3.63, 3.8) is 0 Å². The lowest BCUT2D eigenvalue weighted by Gasteiger charge is -2.37. The van der Waals surface area contributed by atoms with Crippen molar-refractivity contribution in [2.24, 2.45) is 11.8 Å². The van der Waals surface area contributed by atoms with Gasteiger partial charge in [-0.1, -0.05) is 13.8 Å². The van der Waals surface area contributed by atoms with E-state index in [0.717, 1.165) is 6.42 Å². The minimum absolute atomic E-state index is 0.0188. The van der Waals surface area contributed by atoms with Gasteiger partial charge in [0.25, 0.3) is 0 Å². The van der Waals surface area contributed by atoms with Crippen LogP contribution in [-0.2, 0) is 4.79 Å². The summed E-state index contributed by atoms with van der Waals surface area (Å²) >= 11 is 0. The fraction of sp³-hybridized carbons (Fsp3) is 0.857. The molecule has 2 amide bonds. The number of piperidine rings is 1. The molecular formula is C14H26N2O3. The molecule has 19 heavy (non-hydrogen) atoms. The Kier molecular flexibility index (Phi) is 5.63. The van der Waals surface area contributed by atoms with E-state index >= 15 is 0 Å². The summed E-state index contributed by atoms with van der Waals surface area (Å²) in [4.78, 5) is 27.1. The van der Waals surface area contributed by atoms with E-state index in [4.69, 9.17) is 5.11 Å². The van der Waals surface area contributed by atoms with Gasteiger partial charge < -0.3 is 14.9 Å². The number of nitrogens with zero attached hydrogens (tertiary/aromatic N) is 2. The molecule has 110 valence electrons. The molecular weight excluding hydrogens is 244 g/mol. The number of urea groups is 1. The van der Waals surface area contributed by atoms with Gasteiger partial charge in [0.2, 0.25) is 0 Å². The first-order valence-electron chi connectivity index (χ1n) is 7.11. The van der Waals surface area contributed by atoms with Gasteiger partial charge in [-0.3, -0.25) is 4.79 Å². The zero-order chi connectivity index (χ0) is 14.6. The average Bonchev–Trinajstić information content (AvgIpc) is 2.34. The average molecular weight is 270 g/mol. The van der Waals surface area contributed by atoms with Gasteiger partial charge in [0.15, 0.2) is 0 Å². The standard InChI is InChI=1S/C14H26N2O3/c1-10(2)8-16(11(3)4)14(19)15-7-5-6-12(9-15)13(17)18/h10-12H,5-9H2,1-4H3,(H,17,18). The normalized spacial score (nSPS) is 19.9. The van der Waals surface area contributed by atoms with Gasteiger partial charge in [0, 0.05) is 25.7 Å². The van der Waals surface area contributed by atoms with E-state index in [1.165, 1.54) is 0 Å². The Morgan fingerprint density at radius 2 is 1.95 bits per heavy atom. The topological polar surface area (TPSA) is 60.9 Å². The molecule has 0 radical (unpaired) electrons. The molecule has 1 saturated heterocycles. The lowest BCUT2D eigenvalue weighted by molar-refractivity contribution is -0.143.